The number of ether oxygens (including phenoxy) is 1. The van der Waals surface area contributed by atoms with Crippen LogP contribution < -0.4 is 10.6 Å². The van der Waals surface area contributed by atoms with Gasteiger partial charge in [0, 0.05) is 33.2 Å². The van der Waals surface area contributed by atoms with Crippen molar-refractivity contribution < 1.29 is 9.53 Å². The first-order valence-electron chi connectivity index (χ1n) is 9.62. The predicted octanol–water partition coefficient (Wildman–Crippen LogP) is 1.98. The topological polar surface area (TPSA) is 66.0 Å². The molecular formula is C20H32N4O2. The van der Waals surface area contributed by atoms with E-state index in [1.54, 1.807) is 7.05 Å². The number of guanidine groups is 1. The van der Waals surface area contributed by atoms with Crippen molar-refractivity contribution in [1.82, 2.24) is 15.5 Å². The number of rotatable bonds is 8. The second kappa shape index (κ2) is 11.5. The molecule has 1 fully saturated rings. The third-order valence-corrected chi connectivity index (χ3v) is 4.59. The fraction of sp³-hybridized carbons (Fsp3) is 0.600. The highest BCUT2D eigenvalue weighted by Crippen LogP contribution is 2.18. The molecule has 144 valence electrons. The predicted molar refractivity (Wildman–Crippen MR) is 105 cm³/mol. The minimum Gasteiger partial charge on any atom is -0.378 e. The van der Waals surface area contributed by atoms with E-state index in [1.807, 2.05) is 35.2 Å². The Bertz CT molecular complexity index is 556. The van der Waals surface area contributed by atoms with Gasteiger partial charge in [-0.05, 0) is 12.0 Å². The van der Waals surface area contributed by atoms with Gasteiger partial charge in [-0.2, -0.15) is 0 Å². The Balaban J connectivity index is 1.98. The number of hydrogen-bond acceptors (Lipinski definition) is 3. The van der Waals surface area contributed by atoms with Crippen molar-refractivity contribution in [3.05, 3.63) is 35.9 Å². The summed E-state index contributed by atoms with van der Waals surface area (Å²) < 4.78 is 5.38. The lowest BCUT2D eigenvalue weighted by Gasteiger charge is -2.31. The van der Waals surface area contributed by atoms with Crippen LogP contribution in [0.4, 0.5) is 0 Å². The van der Waals surface area contributed by atoms with Gasteiger partial charge in [0.1, 0.15) is 0 Å². The van der Waals surface area contributed by atoms with Crippen molar-refractivity contribution in [2.24, 2.45) is 4.99 Å². The van der Waals surface area contributed by atoms with E-state index in [0.717, 1.165) is 24.5 Å². The smallest absolute Gasteiger partial charge is 0.232 e. The number of benzene rings is 1. The molecule has 2 N–H and O–H groups in total. The molecule has 0 saturated carbocycles. The lowest BCUT2D eigenvalue weighted by Crippen LogP contribution is -2.47. The summed E-state index contributed by atoms with van der Waals surface area (Å²) in [5.74, 6) is 0.661. The quantitative estimate of drug-likeness (QED) is 0.423. The molecule has 1 unspecified atom stereocenters. The summed E-state index contributed by atoms with van der Waals surface area (Å²) in [6, 6.07) is 9.96. The third kappa shape index (κ3) is 6.33. The molecule has 1 aliphatic heterocycles. The molecule has 0 radical (unpaired) electrons. The van der Waals surface area contributed by atoms with Crippen molar-refractivity contribution in [2.45, 2.75) is 32.1 Å². The SMILES string of the molecule is CCCCCNC(=NC)NCC(C(=O)N1CCOCC1)c1ccccc1. The van der Waals surface area contributed by atoms with Gasteiger partial charge < -0.3 is 20.3 Å². The summed E-state index contributed by atoms with van der Waals surface area (Å²) in [7, 11) is 1.76. The summed E-state index contributed by atoms with van der Waals surface area (Å²) in [6.45, 7) is 6.14. The van der Waals surface area contributed by atoms with Crippen molar-refractivity contribution in [2.75, 3.05) is 46.4 Å². The normalized spacial score (nSPS) is 16.2. The average Bonchev–Trinajstić information content (AvgIpc) is 2.71. The largest absolute Gasteiger partial charge is 0.378 e. The Labute approximate surface area is 157 Å². The first-order chi connectivity index (χ1) is 12.8. The van der Waals surface area contributed by atoms with Gasteiger partial charge in [-0.1, -0.05) is 50.1 Å². The summed E-state index contributed by atoms with van der Waals surface area (Å²) in [5.41, 5.74) is 1.03. The highest BCUT2D eigenvalue weighted by atomic mass is 16.5. The van der Waals surface area contributed by atoms with Gasteiger partial charge in [-0.15, -0.1) is 0 Å². The Kier molecular flexibility index (Phi) is 8.96. The van der Waals surface area contributed by atoms with Crippen LogP contribution in [0.5, 0.6) is 0 Å². The maximum absolute atomic E-state index is 13.1. The van der Waals surface area contributed by atoms with Crippen LogP contribution >= 0.6 is 0 Å². The molecule has 1 saturated heterocycles. The maximum Gasteiger partial charge on any atom is 0.232 e. The van der Waals surface area contributed by atoms with Crippen LogP contribution in [0.25, 0.3) is 0 Å². The Morgan fingerprint density at radius 2 is 1.92 bits per heavy atom. The van der Waals surface area contributed by atoms with E-state index in [-0.39, 0.29) is 11.8 Å². The standard InChI is InChI=1S/C20H32N4O2/c1-3-4-8-11-22-20(21-2)23-16-18(17-9-6-5-7-10-17)19(25)24-12-14-26-15-13-24/h5-7,9-10,18H,3-4,8,11-16H2,1-2H3,(H2,21,22,23). The molecule has 2 rings (SSSR count). The first-order valence-corrected chi connectivity index (χ1v) is 9.62. The van der Waals surface area contributed by atoms with Crippen LogP contribution in [0.3, 0.4) is 0 Å². The molecule has 0 spiro atoms. The Morgan fingerprint density at radius 1 is 1.19 bits per heavy atom. The molecule has 6 heteroatoms. The minimum absolute atomic E-state index is 0.147. The van der Waals surface area contributed by atoms with Gasteiger partial charge in [0.25, 0.3) is 0 Å². The summed E-state index contributed by atoms with van der Waals surface area (Å²) in [4.78, 5) is 19.2. The van der Waals surface area contributed by atoms with E-state index >= 15 is 0 Å². The van der Waals surface area contributed by atoms with Gasteiger partial charge in [-0.25, -0.2) is 0 Å². The molecular weight excluding hydrogens is 328 g/mol. The number of aliphatic imine (C=N–C) groups is 1. The molecule has 0 aromatic heterocycles. The molecule has 1 aromatic rings. The van der Waals surface area contributed by atoms with E-state index in [9.17, 15) is 4.79 Å². The van der Waals surface area contributed by atoms with Gasteiger partial charge in [0.2, 0.25) is 5.91 Å². The van der Waals surface area contributed by atoms with Crippen LogP contribution in [0, 0.1) is 0 Å². The highest BCUT2D eigenvalue weighted by molar-refractivity contribution is 5.86. The average molecular weight is 361 g/mol. The zero-order chi connectivity index (χ0) is 18.6. The summed E-state index contributed by atoms with van der Waals surface area (Å²) in [6.07, 6.45) is 3.51. The van der Waals surface area contributed by atoms with Crippen LogP contribution in [-0.2, 0) is 9.53 Å². The molecule has 1 atom stereocenters. The van der Waals surface area contributed by atoms with Gasteiger partial charge >= 0.3 is 0 Å². The molecule has 1 aromatic carbocycles. The second-order valence-corrected chi connectivity index (χ2v) is 6.49. The Morgan fingerprint density at radius 3 is 2.58 bits per heavy atom. The lowest BCUT2D eigenvalue weighted by molar-refractivity contribution is -0.136. The number of amides is 1. The van der Waals surface area contributed by atoms with Crippen LogP contribution in [0.2, 0.25) is 0 Å². The fourth-order valence-corrected chi connectivity index (χ4v) is 3.04. The minimum atomic E-state index is -0.233. The molecule has 1 heterocycles. The van der Waals surface area contributed by atoms with E-state index in [1.165, 1.54) is 12.8 Å². The number of carbonyl (C=O) groups excluding carboxylic acids is 1. The zero-order valence-electron chi connectivity index (χ0n) is 16.0. The van der Waals surface area contributed by atoms with Crippen molar-refractivity contribution in [3.8, 4) is 0 Å². The summed E-state index contributed by atoms with van der Waals surface area (Å²) in [5, 5.41) is 6.65. The number of nitrogens with one attached hydrogen (secondary N) is 2. The number of carbonyl (C=O) groups is 1. The van der Waals surface area contributed by atoms with Gasteiger partial charge in [0.05, 0.1) is 19.1 Å². The number of morpholine rings is 1. The lowest BCUT2D eigenvalue weighted by atomic mass is 9.97. The van der Waals surface area contributed by atoms with Gasteiger partial charge in [-0.3, -0.25) is 9.79 Å². The van der Waals surface area contributed by atoms with Crippen molar-refractivity contribution >= 4 is 11.9 Å². The van der Waals surface area contributed by atoms with Crippen LogP contribution in [0.1, 0.15) is 37.7 Å². The summed E-state index contributed by atoms with van der Waals surface area (Å²) >= 11 is 0. The first kappa shape index (κ1) is 20.2. The number of nitrogens with zero attached hydrogens (tertiary/aromatic N) is 2. The number of hydrogen-bond donors (Lipinski definition) is 2. The fourth-order valence-electron chi connectivity index (χ4n) is 3.04. The highest BCUT2D eigenvalue weighted by Gasteiger charge is 2.27. The van der Waals surface area contributed by atoms with Crippen molar-refractivity contribution in [3.63, 3.8) is 0 Å². The molecule has 6 nitrogen and oxygen atoms in total. The third-order valence-electron chi connectivity index (χ3n) is 4.59. The van der Waals surface area contributed by atoms with Crippen LogP contribution in [-0.4, -0.2) is 63.2 Å². The monoisotopic (exact) mass is 360 g/mol. The Hall–Kier alpha value is -2.08. The van der Waals surface area contributed by atoms with E-state index < -0.39 is 0 Å². The molecule has 1 amide bonds. The molecule has 1 aliphatic rings. The molecule has 0 bridgehead atoms. The maximum atomic E-state index is 13.1. The zero-order valence-corrected chi connectivity index (χ0v) is 16.0. The van der Waals surface area contributed by atoms with E-state index in [4.69, 9.17) is 4.74 Å². The second-order valence-electron chi connectivity index (χ2n) is 6.49. The van der Waals surface area contributed by atoms with Crippen LogP contribution in [0.15, 0.2) is 35.3 Å². The van der Waals surface area contributed by atoms with Gasteiger partial charge in [0.15, 0.2) is 5.96 Å². The number of unbranched alkanes of at least 4 members (excludes halogenated alkanes) is 2. The molecule has 26 heavy (non-hydrogen) atoms. The van der Waals surface area contributed by atoms with E-state index in [2.05, 4.69) is 22.5 Å². The van der Waals surface area contributed by atoms with E-state index in [0.29, 0.717) is 32.8 Å². The van der Waals surface area contributed by atoms with Crippen molar-refractivity contribution in [1.29, 1.82) is 0 Å². The molecule has 0 aliphatic carbocycles.